The van der Waals surface area contributed by atoms with Gasteiger partial charge in [0, 0.05) is 33.7 Å². The Labute approximate surface area is 188 Å². The second kappa shape index (κ2) is 8.85. The van der Waals surface area contributed by atoms with Gasteiger partial charge in [-0.05, 0) is 18.2 Å². The molecule has 3 rings (SSSR count). The first-order valence-corrected chi connectivity index (χ1v) is 9.85. The molecule has 10 heteroatoms. The maximum atomic E-state index is 14.9. The summed E-state index contributed by atoms with van der Waals surface area (Å²) in [6, 6.07) is 9.11. The van der Waals surface area contributed by atoms with E-state index in [1.807, 2.05) is 26.8 Å². The molecule has 32 heavy (non-hydrogen) atoms. The second-order valence-corrected chi connectivity index (χ2v) is 8.39. The molecule has 0 fully saturated rings. The Bertz CT molecular complexity index is 1270. The van der Waals surface area contributed by atoms with Gasteiger partial charge in [0.1, 0.15) is 5.75 Å². The highest BCUT2D eigenvalue weighted by molar-refractivity contribution is 6.31. The summed E-state index contributed by atoms with van der Waals surface area (Å²) in [5.41, 5.74) is 0.258. The average molecular weight is 459 g/mol. The molecule has 2 aromatic heterocycles. The van der Waals surface area contributed by atoms with Crippen LogP contribution in [0.15, 0.2) is 45.8 Å². The van der Waals surface area contributed by atoms with Gasteiger partial charge in [-0.3, -0.25) is 19.5 Å². The molecule has 8 nitrogen and oxygen atoms in total. The lowest BCUT2D eigenvalue weighted by Gasteiger charge is -2.15. The molecule has 1 N–H and O–H groups in total. The van der Waals surface area contributed by atoms with Crippen LogP contribution in [-0.2, 0) is 10.2 Å². The third kappa shape index (κ3) is 4.65. The van der Waals surface area contributed by atoms with Crippen LogP contribution in [0.5, 0.6) is 5.75 Å². The van der Waals surface area contributed by atoms with Gasteiger partial charge >= 0.3 is 0 Å². The van der Waals surface area contributed by atoms with Crippen molar-refractivity contribution in [3.63, 3.8) is 0 Å². The largest absolute Gasteiger partial charge is 0.495 e. The van der Waals surface area contributed by atoms with E-state index in [-0.39, 0.29) is 28.2 Å². The first-order chi connectivity index (χ1) is 15.0. The molecule has 166 valence electrons. The summed E-state index contributed by atoms with van der Waals surface area (Å²) in [6.07, 6.45) is -1.31. The van der Waals surface area contributed by atoms with Crippen molar-refractivity contribution in [2.45, 2.75) is 32.5 Å². The number of halogens is 2. The normalized spacial score (nSPS) is 12.2. The monoisotopic (exact) mass is 458 g/mol. The molecule has 1 atom stereocenters. The number of carbonyl (C=O) groups excluding carboxylic acids is 1. The number of amides is 1. The molecule has 0 bridgehead atoms. The molecule has 2 heterocycles. The molecular weight excluding hydrogens is 439 g/mol. The van der Waals surface area contributed by atoms with Crippen LogP contribution >= 0.6 is 11.6 Å². The Hall–Kier alpha value is -3.64. The minimum Gasteiger partial charge on any atom is -0.495 e. The number of ether oxygens (including phenoxy) is 1. The van der Waals surface area contributed by atoms with Gasteiger partial charge in [0.25, 0.3) is 17.8 Å². The molecule has 3 aromatic rings. The number of anilines is 1. The number of pyridine rings is 1. The molecule has 0 saturated carbocycles. The fourth-order valence-corrected chi connectivity index (χ4v) is 3.08. The topological polar surface area (TPSA) is 110 Å². The summed E-state index contributed by atoms with van der Waals surface area (Å²) in [5, 5.41) is 15.8. The van der Waals surface area contributed by atoms with Crippen molar-refractivity contribution in [1.29, 1.82) is 5.26 Å². The number of nitrogens with zero attached hydrogens (tertiary/aromatic N) is 3. The number of hydrogen-bond acceptors (Lipinski definition) is 6. The van der Waals surface area contributed by atoms with E-state index >= 15 is 0 Å². The van der Waals surface area contributed by atoms with E-state index in [1.165, 1.54) is 31.4 Å². The highest BCUT2D eigenvalue weighted by atomic mass is 35.5. The number of nitriles is 1. The van der Waals surface area contributed by atoms with Crippen LogP contribution in [0.25, 0.3) is 11.1 Å². The summed E-state index contributed by atoms with van der Waals surface area (Å²) < 4.78 is 25.8. The lowest BCUT2D eigenvalue weighted by Crippen LogP contribution is -2.30. The van der Waals surface area contributed by atoms with Crippen LogP contribution in [0, 0.1) is 11.3 Å². The lowest BCUT2D eigenvalue weighted by molar-refractivity contribution is -0.124. The van der Waals surface area contributed by atoms with Gasteiger partial charge in [-0.25, -0.2) is 4.39 Å². The average Bonchev–Trinajstić information content (AvgIpc) is 3.22. The zero-order valence-corrected chi connectivity index (χ0v) is 18.5. The Kier molecular flexibility index (Phi) is 6.37. The standard InChI is InChI=1S/C22H20ClFN4O4/c1-22(2,3)17-9-18(32-27-17)26-21(30)20(24)28-11-16(31-4)15(8-19(28)29)14-7-13(23)6-5-12(14)10-25/h5-9,11,20H,1-4H3,(H,26,30). The Balaban J connectivity index is 1.94. The highest BCUT2D eigenvalue weighted by Gasteiger charge is 2.26. The smallest absolute Gasteiger partial charge is 0.282 e. The fourth-order valence-electron chi connectivity index (χ4n) is 2.91. The molecule has 0 spiro atoms. The number of nitrogens with one attached hydrogen (secondary N) is 1. The number of hydrogen-bond donors (Lipinski definition) is 1. The Morgan fingerprint density at radius 1 is 1.31 bits per heavy atom. The van der Waals surface area contributed by atoms with Crippen LogP contribution in [0.1, 0.15) is 38.3 Å². The maximum Gasteiger partial charge on any atom is 0.282 e. The van der Waals surface area contributed by atoms with Gasteiger partial charge in [0.2, 0.25) is 5.88 Å². The van der Waals surface area contributed by atoms with E-state index in [0.29, 0.717) is 20.8 Å². The zero-order valence-electron chi connectivity index (χ0n) is 17.8. The molecule has 1 amide bonds. The molecule has 0 aliphatic rings. The Morgan fingerprint density at radius 2 is 2.03 bits per heavy atom. The molecule has 0 aliphatic heterocycles. The minimum absolute atomic E-state index is 0.0446. The quantitative estimate of drug-likeness (QED) is 0.605. The Morgan fingerprint density at radius 3 is 2.62 bits per heavy atom. The van der Waals surface area contributed by atoms with Gasteiger partial charge in [-0.2, -0.15) is 5.26 Å². The van der Waals surface area contributed by atoms with Gasteiger partial charge < -0.3 is 9.26 Å². The van der Waals surface area contributed by atoms with E-state index in [2.05, 4.69) is 10.5 Å². The molecule has 0 saturated heterocycles. The number of benzene rings is 1. The van der Waals surface area contributed by atoms with E-state index < -0.39 is 17.8 Å². The van der Waals surface area contributed by atoms with Crippen LogP contribution in [0.3, 0.4) is 0 Å². The van der Waals surface area contributed by atoms with Crippen molar-refractivity contribution >= 4 is 23.4 Å². The van der Waals surface area contributed by atoms with Crippen molar-refractivity contribution in [2.75, 3.05) is 12.4 Å². The van der Waals surface area contributed by atoms with Crippen molar-refractivity contribution in [3.8, 4) is 22.9 Å². The first-order valence-electron chi connectivity index (χ1n) is 9.47. The molecule has 1 unspecified atom stereocenters. The summed E-state index contributed by atoms with van der Waals surface area (Å²) in [5.74, 6) is -1.09. The summed E-state index contributed by atoms with van der Waals surface area (Å²) in [6.45, 7) is 5.71. The number of aromatic nitrogens is 2. The van der Waals surface area contributed by atoms with Crippen LogP contribution in [0.4, 0.5) is 10.3 Å². The third-order valence-electron chi connectivity index (χ3n) is 4.64. The maximum absolute atomic E-state index is 14.9. The second-order valence-electron chi connectivity index (χ2n) is 7.95. The van der Waals surface area contributed by atoms with Gasteiger partial charge in [-0.1, -0.05) is 37.5 Å². The van der Waals surface area contributed by atoms with Crippen LogP contribution < -0.4 is 15.6 Å². The number of methoxy groups -OCH3 is 1. The summed E-state index contributed by atoms with van der Waals surface area (Å²) >= 11 is 6.03. The number of rotatable bonds is 5. The summed E-state index contributed by atoms with van der Waals surface area (Å²) in [7, 11) is 1.32. The zero-order chi connectivity index (χ0) is 23.6. The predicted octanol–water partition coefficient (Wildman–Crippen LogP) is 4.44. The number of carbonyl (C=O) groups is 1. The fraction of sp³-hybridized carbons (Fsp3) is 0.273. The molecule has 1 aromatic carbocycles. The van der Waals surface area contributed by atoms with E-state index in [0.717, 1.165) is 12.3 Å². The van der Waals surface area contributed by atoms with Gasteiger partial charge in [-0.15, -0.1) is 0 Å². The minimum atomic E-state index is -2.37. The molecular formula is C22H20ClFN4O4. The predicted molar refractivity (Wildman–Crippen MR) is 116 cm³/mol. The molecule has 0 aliphatic carbocycles. The van der Waals surface area contributed by atoms with Crippen molar-refractivity contribution < 1.29 is 18.4 Å². The summed E-state index contributed by atoms with van der Waals surface area (Å²) in [4.78, 5) is 25.0. The van der Waals surface area contributed by atoms with Gasteiger partial charge in [0.15, 0.2) is 0 Å². The van der Waals surface area contributed by atoms with Crippen molar-refractivity contribution in [3.05, 3.63) is 63.2 Å². The van der Waals surface area contributed by atoms with E-state index in [1.54, 1.807) is 0 Å². The third-order valence-corrected chi connectivity index (χ3v) is 4.88. The lowest BCUT2D eigenvalue weighted by atomic mass is 9.92. The van der Waals surface area contributed by atoms with E-state index in [4.69, 9.17) is 20.9 Å². The van der Waals surface area contributed by atoms with Crippen LogP contribution in [-0.4, -0.2) is 22.7 Å². The number of alkyl halides is 1. The molecule has 0 radical (unpaired) electrons. The van der Waals surface area contributed by atoms with E-state index in [9.17, 15) is 19.2 Å². The van der Waals surface area contributed by atoms with Crippen molar-refractivity contribution in [1.82, 2.24) is 9.72 Å². The highest BCUT2D eigenvalue weighted by Crippen LogP contribution is 2.33. The van der Waals surface area contributed by atoms with Crippen LogP contribution in [0.2, 0.25) is 5.02 Å². The van der Waals surface area contributed by atoms with Crippen molar-refractivity contribution in [2.24, 2.45) is 0 Å². The first kappa shape index (κ1) is 23.0. The SMILES string of the molecule is COc1cn(C(F)C(=O)Nc2cc(C(C)(C)C)no2)c(=O)cc1-c1cc(Cl)ccc1C#N. The van der Waals surface area contributed by atoms with Gasteiger partial charge in [0.05, 0.1) is 30.6 Å².